The molecule has 5 N–H and O–H groups in total. The maximum Gasteiger partial charge on any atom is 0.316 e. The Bertz CT molecular complexity index is 2140. The summed E-state index contributed by atoms with van der Waals surface area (Å²) in [7, 11) is 5.35. The van der Waals surface area contributed by atoms with Crippen LogP contribution in [0.4, 0.5) is 0 Å². The smallest absolute Gasteiger partial charge is 0.316 e. The zero-order chi connectivity index (χ0) is 54.5. The molecule has 6 rings (SSSR count). The molecule has 412 valence electrons. The van der Waals surface area contributed by atoms with E-state index < -0.39 is 143 Å². The Kier molecular flexibility index (Phi) is 17.9. The van der Waals surface area contributed by atoms with Gasteiger partial charge in [-0.2, -0.15) is 0 Å². The molecule has 3 unspecified atom stereocenters. The number of likely N-dealkylation sites (N-methyl/N-ethyl adjacent to an activating group) is 2. The second-order valence-electron chi connectivity index (χ2n) is 24.0. The number of Topliss-reactive ketones (excluding diaryl/α,β-unsaturated/α-hetero) is 2. The van der Waals surface area contributed by atoms with E-state index in [1.807, 2.05) is 36.6 Å². The first-order valence-electron chi connectivity index (χ1n) is 26.6. The Hall–Kier alpha value is -3.46. The van der Waals surface area contributed by atoms with Gasteiger partial charge in [0, 0.05) is 41.7 Å². The Morgan fingerprint density at radius 3 is 2.25 bits per heavy atom. The molecular weight excluding hydrogens is 945 g/mol. The summed E-state index contributed by atoms with van der Waals surface area (Å²) in [5.41, 5.74) is -6.04. The van der Waals surface area contributed by atoms with Gasteiger partial charge in [-0.25, -0.2) is 0 Å². The van der Waals surface area contributed by atoms with Gasteiger partial charge in [-0.05, 0) is 125 Å². The van der Waals surface area contributed by atoms with E-state index >= 15 is 0 Å². The fourth-order valence-corrected chi connectivity index (χ4v) is 14.1. The van der Waals surface area contributed by atoms with Gasteiger partial charge < -0.3 is 59.0 Å². The molecule has 4 aliphatic carbocycles. The van der Waals surface area contributed by atoms with Crippen LogP contribution in [0.15, 0.2) is 23.8 Å². The third-order valence-corrected chi connectivity index (χ3v) is 18.5. The summed E-state index contributed by atoms with van der Waals surface area (Å²) in [6.45, 7) is 16.5. The minimum Gasteiger partial charge on any atom is -0.459 e. The van der Waals surface area contributed by atoms with E-state index in [0.717, 1.165) is 5.57 Å². The van der Waals surface area contributed by atoms with Crippen LogP contribution >= 0.6 is 0 Å². The molecule has 0 spiro atoms. The summed E-state index contributed by atoms with van der Waals surface area (Å²) >= 11 is 0. The van der Waals surface area contributed by atoms with Crippen molar-refractivity contribution in [3.05, 3.63) is 23.8 Å². The molecule has 18 heteroatoms. The zero-order valence-corrected chi connectivity index (χ0v) is 45.5. The standard InChI is InChI=1S/C55H86N2O16/c1-14-41-54(10,67)47(64)33(6)57(13)27-29(2)25-53(9,66)48(31(4)45(63)32(5)49(65)71-41)73-50-46(38(56(11)12)23-30(3)70-50)72-43(62)18-17-42(61)69-28-40(60)55(68)22-20-37-36-16-15-34-24-35(58)19-21-51(34,7)44(36)39(59)26-52(37,55)8/h15,19,21,29-33,36-39,41,44,46-48,50,59,64,66-68H,14,16-18,20,22-28H2,1-13H3/t29-,30-,31+,32-,33-,36+,37?,38?,39+,41-,44?,46-,47-,48-,50+,51+,52+,53-,54-,55+/m1/s1. The van der Waals surface area contributed by atoms with E-state index in [0.29, 0.717) is 32.2 Å². The summed E-state index contributed by atoms with van der Waals surface area (Å²) in [5.74, 6) is -7.06. The molecule has 0 bridgehead atoms. The van der Waals surface area contributed by atoms with Gasteiger partial charge in [0.15, 0.2) is 30.6 Å². The molecule has 0 aromatic carbocycles. The molecule has 2 aliphatic heterocycles. The molecule has 4 fully saturated rings. The second-order valence-corrected chi connectivity index (χ2v) is 24.0. The van der Waals surface area contributed by atoms with Crippen molar-refractivity contribution in [2.75, 3.05) is 34.3 Å². The number of hydrogen-bond donors (Lipinski definition) is 5. The molecular formula is C55H86N2O16. The molecule has 0 aromatic heterocycles. The summed E-state index contributed by atoms with van der Waals surface area (Å²) in [6.07, 6.45) is -0.652. The lowest BCUT2D eigenvalue weighted by Gasteiger charge is -2.58. The first kappa shape index (κ1) is 58.8. The van der Waals surface area contributed by atoms with Crippen LogP contribution in [0.25, 0.3) is 0 Å². The third-order valence-electron chi connectivity index (χ3n) is 18.5. The number of rotatable bonds is 11. The monoisotopic (exact) mass is 1030 g/mol. The lowest BCUT2D eigenvalue weighted by Crippen LogP contribution is -2.61. The molecule has 6 aliphatic rings. The average Bonchev–Trinajstić information content (AvgIpc) is 3.59. The number of cyclic esters (lactones) is 1. The normalized spacial score (nSPS) is 44.9. The van der Waals surface area contributed by atoms with Gasteiger partial charge in [0.2, 0.25) is 5.78 Å². The first-order valence-corrected chi connectivity index (χ1v) is 26.6. The van der Waals surface area contributed by atoms with Crippen LogP contribution in [0.3, 0.4) is 0 Å². The van der Waals surface area contributed by atoms with E-state index in [1.165, 1.54) is 27.7 Å². The molecule has 0 amide bonds. The van der Waals surface area contributed by atoms with Crippen molar-refractivity contribution in [3.63, 3.8) is 0 Å². The van der Waals surface area contributed by atoms with Gasteiger partial charge in [-0.1, -0.05) is 52.3 Å². The fourth-order valence-electron chi connectivity index (χ4n) is 14.1. The van der Waals surface area contributed by atoms with Crippen LogP contribution in [-0.4, -0.2) is 177 Å². The maximum atomic E-state index is 14.3. The summed E-state index contributed by atoms with van der Waals surface area (Å²) in [5, 5.41) is 59.3. The number of carbonyl (C=O) groups excluding carboxylic acids is 6. The van der Waals surface area contributed by atoms with Crippen LogP contribution in [0.1, 0.15) is 133 Å². The summed E-state index contributed by atoms with van der Waals surface area (Å²) in [6, 6.07) is -1.12. The molecule has 73 heavy (non-hydrogen) atoms. The van der Waals surface area contributed by atoms with Crippen molar-refractivity contribution in [1.82, 2.24) is 9.80 Å². The van der Waals surface area contributed by atoms with E-state index in [2.05, 4.69) is 13.0 Å². The molecule has 20 atom stereocenters. The average molecular weight is 1030 g/mol. The molecule has 0 aromatic rings. The molecule has 2 heterocycles. The number of ether oxygens (including phenoxy) is 5. The van der Waals surface area contributed by atoms with Crippen molar-refractivity contribution >= 4 is 35.3 Å². The van der Waals surface area contributed by atoms with E-state index in [4.69, 9.17) is 23.7 Å². The molecule has 18 nitrogen and oxygen atoms in total. The second kappa shape index (κ2) is 22.3. The highest BCUT2D eigenvalue weighted by atomic mass is 16.7. The Balaban J connectivity index is 1.14. The van der Waals surface area contributed by atoms with Crippen LogP contribution < -0.4 is 0 Å². The highest BCUT2D eigenvalue weighted by molar-refractivity contribution is 6.00. The minimum absolute atomic E-state index is 0.0249. The van der Waals surface area contributed by atoms with Gasteiger partial charge >= 0.3 is 17.9 Å². The Morgan fingerprint density at radius 2 is 1.60 bits per heavy atom. The van der Waals surface area contributed by atoms with Crippen LogP contribution in [0.5, 0.6) is 0 Å². The number of ketones is 3. The highest BCUT2D eigenvalue weighted by Crippen LogP contribution is 2.66. The zero-order valence-electron chi connectivity index (χ0n) is 45.5. The molecule has 0 radical (unpaired) electrons. The molecule has 2 saturated heterocycles. The lowest BCUT2D eigenvalue weighted by molar-refractivity contribution is -0.296. The van der Waals surface area contributed by atoms with E-state index in [1.54, 1.807) is 41.1 Å². The number of aliphatic hydroxyl groups excluding tert-OH is 2. The number of nitrogens with zero attached hydrogens (tertiary/aromatic N) is 2. The van der Waals surface area contributed by atoms with Gasteiger partial charge in [-0.3, -0.25) is 28.8 Å². The number of allylic oxidation sites excluding steroid dienone is 4. The predicted octanol–water partition coefficient (Wildman–Crippen LogP) is 3.64. The van der Waals surface area contributed by atoms with Crippen LogP contribution in [0.2, 0.25) is 0 Å². The van der Waals surface area contributed by atoms with Crippen molar-refractivity contribution in [3.8, 4) is 0 Å². The minimum atomic E-state index is -1.88. The van der Waals surface area contributed by atoms with E-state index in [-0.39, 0.29) is 55.1 Å². The first-order chi connectivity index (χ1) is 33.8. The topological polar surface area (TPSA) is 256 Å². The fraction of sp³-hybridized carbons (Fsp3) is 0.818. The quantitative estimate of drug-likeness (QED) is 0.0857. The number of aliphatic hydroxyl groups is 5. The van der Waals surface area contributed by atoms with Crippen LogP contribution in [-0.2, 0) is 52.5 Å². The third kappa shape index (κ3) is 11.5. The number of hydrogen-bond acceptors (Lipinski definition) is 18. The van der Waals surface area contributed by atoms with Gasteiger partial charge in [0.25, 0.3) is 0 Å². The highest BCUT2D eigenvalue weighted by Gasteiger charge is 2.68. The van der Waals surface area contributed by atoms with Crippen molar-refractivity contribution in [2.45, 2.75) is 205 Å². The molecule has 2 saturated carbocycles. The van der Waals surface area contributed by atoms with Gasteiger partial charge in [-0.15, -0.1) is 0 Å². The SMILES string of the molecule is CC[C@H]1OC(=O)[C@H](C)C(=O)[C@H](C)[C@@H](O[C@@H]2O[C@H](C)CC(N(C)C)[C@H]2OC(=O)CCC(=O)OCC(=O)[C@@]2(O)CCC3[C@@H]4CC=C5CC(=O)C=C[C@]5(C)C4[C@@H](O)C[C@@]32C)[C@](C)(O)C[C@@H](C)CN(C)[C@H](C)[C@@H](O)[C@]1(C)O. The largest absolute Gasteiger partial charge is 0.459 e. The number of esters is 3. The van der Waals surface area contributed by atoms with Crippen molar-refractivity contribution in [1.29, 1.82) is 0 Å². The van der Waals surface area contributed by atoms with E-state index in [9.17, 15) is 54.3 Å². The lowest BCUT2D eigenvalue weighted by atomic mass is 9.47. The van der Waals surface area contributed by atoms with Gasteiger partial charge in [0.1, 0.15) is 29.3 Å². The van der Waals surface area contributed by atoms with Crippen molar-refractivity contribution in [2.24, 2.45) is 46.3 Å². The predicted molar refractivity (Wildman–Crippen MR) is 266 cm³/mol. The van der Waals surface area contributed by atoms with Gasteiger partial charge in [0.05, 0.1) is 42.8 Å². The maximum absolute atomic E-state index is 14.3. The van der Waals surface area contributed by atoms with Crippen LogP contribution in [0, 0.1) is 46.3 Å². The van der Waals surface area contributed by atoms with Crippen molar-refractivity contribution < 1.29 is 78.0 Å². The number of fused-ring (bicyclic) bond motifs is 5. The summed E-state index contributed by atoms with van der Waals surface area (Å²) < 4.78 is 30.2. The summed E-state index contributed by atoms with van der Waals surface area (Å²) in [4.78, 5) is 84.9. The number of carbonyl (C=O) groups is 6. The Labute approximate surface area is 431 Å². The Morgan fingerprint density at radius 1 is 0.945 bits per heavy atom.